The third kappa shape index (κ3) is 3.30. The number of nitrogen functional groups attached to an aromatic ring is 1. The molecule has 4 N–H and O–H groups in total. The molecule has 0 fully saturated rings. The summed E-state index contributed by atoms with van der Waals surface area (Å²) in [6.45, 7) is 4.58. The Bertz CT molecular complexity index is 581. The number of hydrogen-bond acceptors (Lipinski definition) is 4. The number of thiophene rings is 1. The lowest BCUT2D eigenvalue weighted by Gasteiger charge is -2.16. The first-order valence-corrected chi connectivity index (χ1v) is 7.52. The second-order valence-corrected chi connectivity index (χ2v) is 5.36. The van der Waals surface area contributed by atoms with Crippen molar-refractivity contribution in [1.29, 1.82) is 0 Å². The van der Waals surface area contributed by atoms with Gasteiger partial charge in [-0.1, -0.05) is 0 Å². The first kappa shape index (κ1) is 14.4. The maximum atomic E-state index is 11.7. The molecule has 106 valence electrons. The molecule has 0 radical (unpaired) electrons. The van der Waals surface area contributed by atoms with Crippen molar-refractivity contribution in [2.24, 2.45) is 0 Å². The van der Waals surface area contributed by atoms with E-state index in [9.17, 15) is 4.79 Å². The maximum Gasteiger partial charge on any atom is 0.251 e. The molecule has 1 amide bonds. The second-order valence-electron chi connectivity index (χ2n) is 4.58. The van der Waals surface area contributed by atoms with Crippen LogP contribution in [0.25, 0.3) is 0 Å². The Morgan fingerprint density at radius 2 is 2.20 bits per heavy atom. The van der Waals surface area contributed by atoms with E-state index in [1.165, 1.54) is 5.56 Å². The summed E-state index contributed by atoms with van der Waals surface area (Å²) in [5.74, 6) is -0.100. The van der Waals surface area contributed by atoms with Crippen molar-refractivity contribution in [3.63, 3.8) is 0 Å². The summed E-state index contributed by atoms with van der Waals surface area (Å²) in [5, 5.41) is 10.3. The van der Waals surface area contributed by atoms with Gasteiger partial charge in [0.2, 0.25) is 0 Å². The number of carbonyl (C=O) groups is 1. The molecule has 0 bridgehead atoms. The molecule has 0 saturated carbocycles. The van der Waals surface area contributed by atoms with Crippen LogP contribution < -0.4 is 16.4 Å². The molecule has 0 aliphatic rings. The van der Waals surface area contributed by atoms with Gasteiger partial charge in [-0.2, -0.15) is 11.3 Å². The molecule has 0 aliphatic carbocycles. The normalized spacial score (nSPS) is 11.9. The summed E-state index contributed by atoms with van der Waals surface area (Å²) in [5.41, 5.74) is 9.25. The second kappa shape index (κ2) is 6.43. The highest BCUT2D eigenvalue weighted by atomic mass is 32.1. The van der Waals surface area contributed by atoms with Gasteiger partial charge >= 0.3 is 0 Å². The Hall–Kier alpha value is -2.01. The zero-order valence-electron chi connectivity index (χ0n) is 11.6. The highest BCUT2D eigenvalue weighted by Crippen LogP contribution is 2.26. The number of carbonyl (C=O) groups excluding carboxylic acids is 1. The zero-order chi connectivity index (χ0) is 14.5. The molecule has 2 aromatic rings. The predicted octanol–water partition coefficient (Wildman–Crippen LogP) is 3.25. The fraction of sp³-hybridized carbons (Fsp3) is 0.267. The van der Waals surface area contributed by atoms with E-state index >= 15 is 0 Å². The summed E-state index contributed by atoms with van der Waals surface area (Å²) in [6, 6.07) is 7.60. The average molecular weight is 289 g/mol. The lowest BCUT2D eigenvalue weighted by atomic mass is 10.1. The van der Waals surface area contributed by atoms with Crippen molar-refractivity contribution in [2.75, 3.05) is 17.6 Å². The van der Waals surface area contributed by atoms with Crippen LogP contribution in [-0.2, 0) is 0 Å². The van der Waals surface area contributed by atoms with Crippen molar-refractivity contribution in [3.8, 4) is 0 Å². The van der Waals surface area contributed by atoms with Gasteiger partial charge in [-0.05, 0) is 54.4 Å². The fourth-order valence-corrected chi connectivity index (χ4v) is 2.69. The van der Waals surface area contributed by atoms with Gasteiger partial charge in [-0.25, -0.2) is 0 Å². The Morgan fingerprint density at radius 3 is 2.80 bits per heavy atom. The van der Waals surface area contributed by atoms with Gasteiger partial charge in [0.1, 0.15) is 0 Å². The van der Waals surface area contributed by atoms with E-state index in [2.05, 4.69) is 34.4 Å². The fourth-order valence-electron chi connectivity index (χ4n) is 1.94. The topological polar surface area (TPSA) is 67.2 Å². The standard InChI is InChI=1S/C15H19N3OS/c1-3-17-15(19)11-4-5-14(13(16)8-11)18-10(2)12-6-7-20-9-12/h4-10,18H,3,16H2,1-2H3,(H,17,19). The molecule has 1 atom stereocenters. The van der Waals surface area contributed by atoms with Crippen LogP contribution in [0.3, 0.4) is 0 Å². The summed E-state index contributed by atoms with van der Waals surface area (Å²) in [4.78, 5) is 11.7. The Labute approximate surface area is 123 Å². The van der Waals surface area contributed by atoms with Gasteiger partial charge in [-0.3, -0.25) is 4.79 Å². The molecule has 1 aromatic heterocycles. The number of benzene rings is 1. The molecular weight excluding hydrogens is 270 g/mol. The molecule has 20 heavy (non-hydrogen) atoms. The van der Waals surface area contributed by atoms with Crippen LogP contribution in [0.4, 0.5) is 11.4 Å². The van der Waals surface area contributed by atoms with Gasteiger partial charge in [0.15, 0.2) is 0 Å². The van der Waals surface area contributed by atoms with E-state index in [0.717, 1.165) is 5.69 Å². The van der Waals surface area contributed by atoms with Crippen molar-refractivity contribution in [2.45, 2.75) is 19.9 Å². The number of rotatable bonds is 5. The highest BCUT2D eigenvalue weighted by molar-refractivity contribution is 7.08. The average Bonchev–Trinajstić information content (AvgIpc) is 2.95. The van der Waals surface area contributed by atoms with Crippen LogP contribution in [-0.4, -0.2) is 12.5 Å². The van der Waals surface area contributed by atoms with Crippen molar-refractivity contribution in [1.82, 2.24) is 5.32 Å². The van der Waals surface area contributed by atoms with Crippen LogP contribution in [0.2, 0.25) is 0 Å². The monoisotopic (exact) mass is 289 g/mol. The quantitative estimate of drug-likeness (QED) is 0.740. The third-order valence-electron chi connectivity index (χ3n) is 3.07. The smallest absolute Gasteiger partial charge is 0.251 e. The minimum atomic E-state index is -0.100. The molecule has 1 unspecified atom stereocenters. The van der Waals surface area contributed by atoms with Gasteiger partial charge in [0.05, 0.1) is 11.4 Å². The van der Waals surface area contributed by atoms with Crippen molar-refractivity contribution < 1.29 is 4.79 Å². The largest absolute Gasteiger partial charge is 0.397 e. The Morgan fingerprint density at radius 1 is 1.40 bits per heavy atom. The maximum absolute atomic E-state index is 11.7. The lowest BCUT2D eigenvalue weighted by Crippen LogP contribution is -2.22. The van der Waals surface area contributed by atoms with Gasteiger partial charge < -0.3 is 16.4 Å². The summed E-state index contributed by atoms with van der Waals surface area (Å²) in [6.07, 6.45) is 0. The van der Waals surface area contributed by atoms with E-state index in [0.29, 0.717) is 17.8 Å². The molecule has 1 heterocycles. The van der Waals surface area contributed by atoms with E-state index < -0.39 is 0 Å². The number of anilines is 2. The summed E-state index contributed by atoms with van der Waals surface area (Å²) < 4.78 is 0. The highest BCUT2D eigenvalue weighted by Gasteiger charge is 2.10. The first-order chi connectivity index (χ1) is 9.61. The molecule has 1 aromatic carbocycles. The molecule has 0 saturated heterocycles. The zero-order valence-corrected chi connectivity index (χ0v) is 12.5. The number of nitrogens with one attached hydrogen (secondary N) is 2. The van der Waals surface area contributed by atoms with Gasteiger partial charge in [0.25, 0.3) is 5.91 Å². The van der Waals surface area contributed by atoms with Crippen LogP contribution >= 0.6 is 11.3 Å². The van der Waals surface area contributed by atoms with E-state index in [4.69, 9.17) is 5.73 Å². The number of amides is 1. The Balaban J connectivity index is 2.12. The van der Waals surface area contributed by atoms with Crippen LogP contribution in [0, 0.1) is 0 Å². The van der Waals surface area contributed by atoms with E-state index in [-0.39, 0.29) is 11.9 Å². The SMILES string of the molecule is CCNC(=O)c1ccc(NC(C)c2ccsc2)c(N)c1. The van der Waals surface area contributed by atoms with Crippen LogP contribution in [0.5, 0.6) is 0 Å². The molecule has 4 nitrogen and oxygen atoms in total. The molecule has 5 heteroatoms. The minimum Gasteiger partial charge on any atom is -0.397 e. The molecule has 2 rings (SSSR count). The first-order valence-electron chi connectivity index (χ1n) is 6.58. The third-order valence-corrected chi connectivity index (χ3v) is 3.77. The molecule has 0 spiro atoms. The minimum absolute atomic E-state index is 0.100. The van der Waals surface area contributed by atoms with Crippen molar-refractivity contribution >= 4 is 28.6 Å². The number of hydrogen-bond donors (Lipinski definition) is 3. The van der Waals surface area contributed by atoms with Gasteiger partial charge in [-0.15, -0.1) is 0 Å². The summed E-state index contributed by atoms with van der Waals surface area (Å²) >= 11 is 1.67. The molecular formula is C15H19N3OS. The summed E-state index contributed by atoms with van der Waals surface area (Å²) in [7, 11) is 0. The van der Waals surface area contributed by atoms with E-state index in [1.807, 2.05) is 13.0 Å². The van der Waals surface area contributed by atoms with Gasteiger partial charge in [0, 0.05) is 18.2 Å². The Kier molecular flexibility index (Phi) is 4.63. The van der Waals surface area contributed by atoms with E-state index in [1.54, 1.807) is 23.5 Å². The number of nitrogens with two attached hydrogens (primary N) is 1. The van der Waals surface area contributed by atoms with Crippen LogP contribution in [0.1, 0.15) is 35.8 Å². The van der Waals surface area contributed by atoms with Crippen molar-refractivity contribution in [3.05, 3.63) is 46.2 Å². The molecule has 0 aliphatic heterocycles. The predicted molar refractivity (Wildman–Crippen MR) is 85.2 cm³/mol. The van der Waals surface area contributed by atoms with Crippen LogP contribution in [0.15, 0.2) is 35.0 Å². The lowest BCUT2D eigenvalue weighted by molar-refractivity contribution is 0.0956.